The molecule has 0 spiro atoms. The first kappa shape index (κ1) is 14.4. The van der Waals surface area contributed by atoms with Crippen LogP contribution in [0.2, 0.25) is 0 Å². The van der Waals surface area contributed by atoms with E-state index in [-0.39, 0.29) is 0 Å². The Balaban J connectivity index is 2.69. The number of hydrogen-bond acceptors (Lipinski definition) is 2. The number of alkyl halides is 3. The lowest BCUT2D eigenvalue weighted by Gasteiger charge is -2.15. The molecule has 0 aliphatic rings. The maximum Gasteiger partial charge on any atom is 0.406 e. The van der Waals surface area contributed by atoms with Crippen LogP contribution in [0.4, 0.5) is 18.9 Å². The van der Waals surface area contributed by atoms with Crippen LogP contribution in [0.3, 0.4) is 0 Å². The van der Waals surface area contributed by atoms with E-state index in [0.717, 1.165) is 5.56 Å². The third-order valence-electron chi connectivity index (χ3n) is 2.61. The Labute approximate surface area is 104 Å². The molecule has 1 N–H and O–H groups in total. The summed E-state index contributed by atoms with van der Waals surface area (Å²) in [6.45, 7) is 3.58. The minimum atomic E-state index is -4.49. The van der Waals surface area contributed by atoms with E-state index in [0.29, 0.717) is 11.6 Å². The standard InChI is InChI=1S/C13H15F3N2/c1-9(2)10-4-3-5-12(6-10)18-8-11(7-17)13(14,15)16/h3-6,9,11,18H,8H2,1-2H3. The van der Waals surface area contributed by atoms with Gasteiger partial charge in [0.2, 0.25) is 0 Å². The summed E-state index contributed by atoms with van der Waals surface area (Å²) in [6.07, 6.45) is -4.49. The van der Waals surface area contributed by atoms with Crippen molar-refractivity contribution in [1.82, 2.24) is 0 Å². The van der Waals surface area contributed by atoms with Crippen molar-refractivity contribution in [1.29, 1.82) is 5.26 Å². The summed E-state index contributed by atoms with van der Waals surface area (Å²) in [5, 5.41) is 11.1. The Kier molecular flexibility index (Phi) is 4.60. The monoisotopic (exact) mass is 256 g/mol. The van der Waals surface area contributed by atoms with E-state index in [9.17, 15) is 13.2 Å². The van der Waals surface area contributed by atoms with Crippen LogP contribution in [0.15, 0.2) is 24.3 Å². The zero-order valence-corrected chi connectivity index (χ0v) is 10.3. The van der Waals surface area contributed by atoms with E-state index >= 15 is 0 Å². The van der Waals surface area contributed by atoms with E-state index < -0.39 is 18.6 Å². The Morgan fingerprint density at radius 1 is 1.33 bits per heavy atom. The Bertz CT molecular complexity index is 433. The number of hydrogen-bond donors (Lipinski definition) is 1. The maximum absolute atomic E-state index is 12.4. The molecule has 1 atom stereocenters. The Hall–Kier alpha value is -1.70. The summed E-state index contributed by atoms with van der Waals surface area (Å²) >= 11 is 0. The smallest absolute Gasteiger partial charge is 0.383 e. The minimum absolute atomic E-state index is 0.307. The van der Waals surface area contributed by atoms with Crippen molar-refractivity contribution in [2.45, 2.75) is 25.9 Å². The lowest BCUT2D eigenvalue weighted by molar-refractivity contribution is -0.155. The van der Waals surface area contributed by atoms with Crippen LogP contribution in [0.25, 0.3) is 0 Å². The molecule has 5 heteroatoms. The first-order valence-corrected chi connectivity index (χ1v) is 5.64. The highest BCUT2D eigenvalue weighted by atomic mass is 19.4. The van der Waals surface area contributed by atoms with Gasteiger partial charge in [-0.05, 0) is 23.6 Å². The molecule has 1 unspecified atom stereocenters. The summed E-state index contributed by atoms with van der Waals surface area (Å²) in [4.78, 5) is 0. The van der Waals surface area contributed by atoms with E-state index in [1.54, 1.807) is 18.2 Å². The van der Waals surface area contributed by atoms with Crippen molar-refractivity contribution in [3.8, 4) is 6.07 Å². The van der Waals surface area contributed by atoms with E-state index in [1.165, 1.54) is 6.07 Å². The van der Waals surface area contributed by atoms with Crippen LogP contribution in [-0.4, -0.2) is 12.7 Å². The van der Waals surface area contributed by atoms with Gasteiger partial charge < -0.3 is 5.32 Å². The second kappa shape index (κ2) is 5.76. The lowest BCUT2D eigenvalue weighted by Crippen LogP contribution is -2.28. The topological polar surface area (TPSA) is 35.8 Å². The summed E-state index contributed by atoms with van der Waals surface area (Å²) in [6, 6.07) is 8.46. The van der Waals surface area contributed by atoms with Gasteiger partial charge in [0.25, 0.3) is 0 Å². The molecule has 0 amide bonds. The molecule has 0 radical (unpaired) electrons. The molecule has 1 aromatic rings. The first-order valence-electron chi connectivity index (χ1n) is 5.64. The number of anilines is 1. The number of nitrogens with zero attached hydrogens (tertiary/aromatic N) is 1. The molecular formula is C13H15F3N2. The van der Waals surface area contributed by atoms with Gasteiger partial charge in [0.1, 0.15) is 0 Å². The fourth-order valence-corrected chi connectivity index (χ4v) is 1.46. The maximum atomic E-state index is 12.4. The van der Waals surface area contributed by atoms with Gasteiger partial charge in [0.05, 0.1) is 6.07 Å². The van der Waals surface area contributed by atoms with Crippen LogP contribution in [0.1, 0.15) is 25.3 Å². The second-order valence-electron chi connectivity index (χ2n) is 4.38. The van der Waals surface area contributed by atoms with Crippen LogP contribution in [0, 0.1) is 17.2 Å². The van der Waals surface area contributed by atoms with Crippen LogP contribution < -0.4 is 5.32 Å². The SMILES string of the molecule is CC(C)c1cccc(NCC(C#N)C(F)(F)F)c1. The van der Waals surface area contributed by atoms with Gasteiger partial charge >= 0.3 is 6.18 Å². The van der Waals surface area contributed by atoms with Crippen LogP contribution in [-0.2, 0) is 0 Å². The van der Waals surface area contributed by atoms with Crippen molar-refractivity contribution in [2.24, 2.45) is 5.92 Å². The summed E-state index contributed by atoms with van der Waals surface area (Å²) in [7, 11) is 0. The highest BCUT2D eigenvalue weighted by molar-refractivity contribution is 5.46. The molecule has 0 aliphatic carbocycles. The summed E-state index contributed by atoms with van der Waals surface area (Å²) in [5.41, 5.74) is 1.64. The molecule has 18 heavy (non-hydrogen) atoms. The first-order chi connectivity index (χ1) is 8.34. The third-order valence-corrected chi connectivity index (χ3v) is 2.61. The molecular weight excluding hydrogens is 241 g/mol. The second-order valence-corrected chi connectivity index (χ2v) is 4.38. The number of benzene rings is 1. The summed E-state index contributed by atoms with van der Waals surface area (Å²) in [5.74, 6) is -1.68. The van der Waals surface area contributed by atoms with Gasteiger partial charge in [-0.25, -0.2) is 0 Å². The number of nitrogens with one attached hydrogen (secondary N) is 1. The van der Waals surface area contributed by atoms with Gasteiger partial charge in [-0.3, -0.25) is 0 Å². The van der Waals surface area contributed by atoms with E-state index in [2.05, 4.69) is 5.32 Å². The van der Waals surface area contributed by atoms with Gasteiger partial charge in [-0.2, -0.15) is 18.4 Å². The molecule has 2 nitrogen and oxygen atoms in total. The molecule has 1 aromatic carbocycles. The fraction of sp³-hybridized carbons (Fsp3) is 0.462. The molecule has 0 heterocycles. The largest absolute Gasteiger partial charge is 0.406 e. The lowest BCUT2D eigenvalue weighted by atomic mass is 10.0. The van der Waals surface area contributed by atoms with Gasteiger partial charge in [0.15, 0.2) is 5.92 Å². The average Bonchev–Trinajstić information content (AvgIpc) is 2.28. The number of nitriles is 1. The van der Waals surface area contributed by atoms with Crippen molar-refractivity contribution < 1.29 is 13.2 Å². The Morgan fingerprint density at radius 3 is 2.50 bits per heavy atom. The fourth-order valence-electron chi connectivity index (χ4n) is 1.46. The molecule has 1 rings (SSSR count). The quantitative estimate of drug-likeness (QED) is 0.886. The molecule has 0 bridgehead atoms. The normalized spacial score (nSPS) is 13.2. The van der Waals surface area contributed by atoms with Crippen molar-refractivity contribution in [3.63, 3.8) is 0 Å². The predicted molar refractivity (Wildman–Crippen MR) is 64.2 cm³/mol. The predicted octanol–water partition coefficient (Wildman–Crippen LogP) is 3.92. The minimum Gasteiger partial charge on any atom is -0.383 e. The molecule has 0 aromatic heterocycles. The third kappa shape index (κ3) is 3.95. The van der Waals surface area contributed by atoms with Crippen LogP contribution >= 0.6 is 0 Å². The van der Waals surface area contributed by atoms with Crippen molar-refractivity contribution in [2.75, 3.05) is 11.9 Å². The summed E-state index contributed by atoms with van der Waals surface area (Å²) < 4.78 is 37.1. The number of halogens is 3. The van der Waals surface area contributed by atoms with Crippen LogP contribution in [0.5, 0.6) is 0 Å². The molecule has 0 fully saturated rings. The van der Waals surface area contributed by atoms with Crippen molar-refractivity contribution in [3.05, 3.63) is 29.8 Å². The zero-order valence-electron chi connectivity index (χ0n) is 10.3. The molecule has 0 aliphatic heterocycles. The van der Waals surface area contributed by atoms with Gasteiger partial charge in [-0.1, -0.05) is 26.0 Å². The van der Waals surface area contributed by atoms with E-state index in [4.69, 9.17) is 5.26 Å². The van der Waals surface area contributed by atoms with Gasteiger partial charge in [0, 0.05) is 12.2 Å². The highest BCUT2D eigenvalue weighted by Gasteiger charge is 2.39. The number of rotatable bonds is 4. The van der Waals surface area contributed by atoms with E-state index in [1.807, 2.05) is 19.9 Å². The zero-order chi connectivity index (χ0) is 13.8. The molecule has 98 valence electrons. The highest BCUT2D eigenvalue weighted by Crippen LogP contribution is 2.26. The molecule has 0 saturated heterocycles. The van der Waals surface area contributed by atoms with Gasteiger partial charge in [-0.15, -0.1) is 0 Å². The van der Waals surface area contributed by atoms with Crippen molar-refractivity contribution >= 4 is 5.69 Å². The Morgan fingerprint density at radius 2 is 2.00 bits per heavy atom. The molecule has 0 saturated carbocycles. The average molecular weight is 256 g/mol.